The maximum absolute atomic E-state index is 13.9. The minimum Gasteiger partial charge on any atom is -0.303 e. The number of nitrogens with one attached hydrogen (secondary N) is 2. The summed E-state index contributed by atoms with van der Waals surface area (Å²) in [7, 11) is 0. The summed E-state index contributed by atoms with van der Waals surface area (Å²) >= 11 is 1.45. The van der Waals surface area contributed by atoms with Gasteiger partial charge in [0.2, 0.25) is 0 Å². The average molecular weight is 412 g/mol. The second kappa shape index (κ2) is 7.80. The van der Waals surface area contributed by atoms with Gasteiger partial charge in [-0.3, -0.25) is 9.88 Å². The number of hydrogen-bond acceptors (Lipinski definition) is 4. The highest BCUT2D eigenvalue weighted by Crippen LogP contribution is 2.23. The Balaban J connectivity index is 1.75. The lowest BCUT2D eigenvalue weighted by molar-refractivity contribution is 0.261. The zero-order valence-corrected chi connectivity index (χ0v) is 15.7. The first-order chi connectivity index (χ1) is 14.0. The minimum atomic E-state index is -0.907. The number of thiophene rings is 1. The molecule has 146 valence electrons. The molecule has 0 aliphatic rings. The molecule has 4 aromatic rings. The highest BCUT2D eigenvalue weighted by Gasteiger charge is 2.17. The largest absolute Gasteiger partial charge is 0.350 e. The van der Waals surface area contributed by atoms with Crippen LogP contribution in [0.5, 0.6) is 0 Å². The molecule has 0 unspecified atom stereocenters. The summed E-state index contributed by atoms with van der Waals surface area (Å²) in [5.41, 5.74) is -0.729. The number of rotatable bonds is 4. The second-order valence-electron chi connectivity index (χ2n) is 6.10. The highest BCUT2D eigenvalue weighted by molar-refractivity contribution is 7.09. The fourth-order valence-electron chi connectivity index (χ4n) is 2.89. The number of nitrogens with zero attached hydrogens (tertiary/aromatic N) is 2. The molecule has 9 heteroatoms. The van der Waals surface area contributed by atoms with Crippen LogP contribution in [-0.2, 0) is 6.54 Å². The Bertz CT molecular complexity index is 1240. The molecule has 0 saturated carbocycles. The maximum atomic E-state index is 13.9. The van der Waals surface area contributed by atoms with Crippen LogP contribution in [0.2, 0.25) is 0 Å². The van der Waals surface area contributed by atoms with Gasteiger partial charge in [-0.1, -0.05) is 24.3 Å². The van der Waals surface area contributed by atoms with Crippen molar-refractivity contribution in [1.29, 1.82) is 0 Å². The lowest BCUT2D eigenvalue weighted by Gasteiger charge is -2.16. The van der Waals surface area contributed by atoms with Crippen molar-refractivity contribution in [1.82, 2.24) is 9.55 Å². The predicted octanol–water partition coefficient (Wildman–Crippen LogP) is 4.43. The zero-order chi connectivity index (χ0) is 20.4. The van der Waals surface area contributed by atoms with Crippen LogP contribution in [0.1, 0.15) is 4.88 Å². The molecule has 2 N–H and O–H groups in total. The maximum Gasteiger partial charge on any atom is 0.350 e. The van der Waals surface area contributed by atoms with Gasteiger partial charge < -0.3 is 5.32 Å². The number of halogens is 2. The smallest absolute Gasteiger partial charge is 0.303 e. The lowest BCUT2D eigenvalue weighted by atomic mass is 10.2. The molecule has 0 radical (unpaired) electrons. The molecule has 0 saturated heterocycles. The average Bonchev–Trinajstić information content (AvgIpc) is 3.21. The third kappa shape index (κ3) is 3.85. The van der Waals surface area contributed by atoms with Crippen LogP contribution in [0.15, 0.2) is 64.8 Å². The van der Waals surface area contributed by atoms with Gasteiger partial charge in [0.25, 0.3) is 0 Å². The third-order valence-electron chi connectivity index (χ3n) is 4.20. The standard InChI is InChI=1S/C20H14F2N4O2S/c21-14-7-3-8-15(22)17(14)24-19(27)25-18-13-6-1-2-9-16(13)23-20(28)26(18)11-12-5-4-10-29-12/h1-10H,11H2,(H2,24,25,27). The molecule has 2 heterocycles. The van der Waals surface area contributed by atoms with E-state index in [-0.39, 0.29) is 12.4 Å². The van der Waals surface area contributed by atoms with E-state index in [9.17, 15) is 18.4 Å². The van der Waals surface area contributed by atoms with E-state index in [0.29, 0.717) is 10.9 Å². The molecule has 0 atom stereocenters. The molecule has 29 heavy (non-hydrogen) atoms. The Morgan fingerprint density at radius 2 is 1.76 bits per heavy atom. The van der Waals surface area contributed by atoms with Crippen molar-refractivity contribution >= 4 is 39.8 Å². The van der Waals surface area contributed by atoms with E-state index < -0.39 is 29.0 Å². The van der Waals surface area contributed by atoms with Gasteiger partial charge in [0.15, 0.2) is 0 Å². The Morgan fingerprint density at radius 1 is 1.00 bits per heavy atom. The van der Waals surface area contributed by atoms with Crippen molar-refractivity contribution in [3.05, 3.63) is 87.0 Å². The molecular weight excluding hydrogens is 398 g/mol. The lowest BCUT2D eigenvalue weighted by Crippen LogP contribution is -2.30. The fraction of sp³-hybridized carbons (Fsp3) is 0.0500. The normalized spacial score (nSPS) is 10.8. The van der Waals surface area contributed by atoms with Crippen LogP contribution in [0.25, 0.3) is 10.9 Å². The van der Waals surface area contributed by atoms with E-state index in [1.54, 1.807) is 24.3 Å². The number of hydrogen-bond donors (Lipinski definition) is 2. The fourth-order valence-corrected chi connectivity index (χ4v) is 3.58. The molecule has 6 nitrogen and oxygen atoms in total. The van der Waals surface area contributed by atoms with E-state index in [2.05, 4.69) is 15.6 Å². The number of aromatic nitrogens is 2. The van der Waals surface area contributed by atoms with Gasteiger partial charge >= 0.3 is 11.7 Å². The minimum absolute atomic E-state index is 0.184. The molecule has 0 aliphatic carbocycles. The van der Waals surface area contributed by atoms with Crippen molar-refractivity contribution in [2.45, 2.75) is 6.54 Å². The van der Waals surface area contributed by atoms with Crippen LogP contribution in [0.4, 0.5) is 25.1 Å². The van der Waals surface area contributed by atoms with Crippen molar-refractivity contribution in [2.75, 3.05) is 10.6 Å². The predicted molar refractivity (Wildman–Crippen MR) is 108 cm³/mol. The van der Waals surface area contributed by atoms with Crippen molar-refractivity contribution in [2.24, 2.45) is 0 Å². The number of fused-ring (bicyclic) bond motifs is 1. The summed E-state index contributed by atoms with van der Waals surface area (Å²) in [6, 6.07) is 12.9. The molecule has 0 aliphatic heterocycles. The molecule has 2 amide bonds. The summed E-state index contributed by atoms with van der Waals surface area (Å²) in [6.07, 6.45) is 0. The first-order valence-electron chi connectivity index (χ1n) is 8.57. The quantitative estimate of drug-likeness (QED) is 0.521. The Morgan fingerprint density at radius 3 is 2.48 bits per heavy atom. The number of benzene rings is 2. The first kappa shape index (κ1) is 18.8. The first-order valence-corrected chi connectivity index (χ1v) is 9.45. The van der Waals surface area contributed by atoms with E-state index >= 15 is 0 Å². The number of urea groups is 1. The Labute approximate surface area is 167 Å². The van der Waals surface area contributed by atoms with Gasteiger partial charge in [-0.15, -0.1) is 11.3 Å². The summed E-state index contributed by atoms with van der Waals surface area (Å²) < 4.78 is 29.0. The monoisotopic (exact) mass is 412 g/mol. The summed E-state index contributed by atoms with van der Waals surface area (Å²) in [4.78, 5) is 30.0. The van der Waals surface area contributed by atoms with Crippen LogP contribution in [0.3, 0.4) is 0 Å². The van der Waals surface area contributed by atoms with E-state index in [0.717, 1.165) is 17.0 Å². The van der Waals surface area contributed by atoms with Crippen molar-refractivity contribution in [3.63, 3.8) is 0 Å². The molecule has 4 rings (SSSR count). The van der Waals surface area contributed by atoms with Gasteiger partial charge in [-0.25, -0.2) is 18.4 Å². The molecule has 0 spiro atoms. The van der Waals surface area contributed by atoms with Gasteiger partial charge in [-0.2, -0.15) is 4.98 Å². The van der Waals surface area contributed by atoms with Crippen LogP contribution in [0, 0.1) is 11.6 Å². The van der Waals surface area contributed by atoms with Gasteiger partial charge in [0, 0.05) is 10.3 Å². The van der Waals surface area contributed by atoms with Gasteiger partial charge in [0.1, 0.15) is 23.1 Å². The van der Waals surface area contributed by atoms with E-state index in [1.807, 2.05) is 17.5 Å². The third-order valence-corrected chi connectivity index (χ3v) is 5.06. The summed E-state index contributed by atoms with van der Waals surface area (Å²) in [6.45, 7) is 0.192. The summed E-state index contributed by atoms with van der Waals surface area (Å²) in [5, 5.41) is 7.11. The number of carbonyl (C=O) groups excluding carboxylic acids is 1. The van der Waals surface area contributed by atoms with E-state index in [4.69, 9.17) is 0 Å². The molecule has 2 aromatic heterocycles. The number of para-hydroxylation sites is 2. The highest BCUT2D eigenvalue weighted by atomic mass is 32.1. The molecule has 2 aromatic carbocycles. The molecule has 0 bridgehead atoms. The number of anilines is 2. The Hall–Kier alpha value is -3.59. The molecule has 0 fully saturated rings. The van der Waals surface area contributed by atoms with Gasteiger partial charge in [-0.05, 0) is 35.7 Å². The van der Waals surface area contributed by atoms with Crippen LogP contribution in [-0.4, -0.2) is 15.6 Å². The topological polar surface area (TPSA) is 76.0 Å². The number of carbonyl (C=O) groups is 1. The summed E-state index contributed by atoms with van der Waals surface area (Å²) in [5.74, 6) is -1.63. The van der Waals surface area contributed by atoms with E-state index in [1.165, 1.54) is 22.0 Å². The zero-order valence-electron chi connectivity index (χ0n) is 14.9. The van der Waals surface area contributed by atoms with Crippen LogP contribution < -0.4 is 16.3 Å². The van der Waals surface area contributed by atoms with Gasteiger partial charge in [0.05, 0.1) is 12.1 Å². The second-order valence-corrected chi connectivity index (χ2v) is 7.13. The molecular formula is C20H14F2N4O2S. The van der Waals surface area contributed by atoms with Crippen molar-refractivity contribution < 1.29 is 13.6 Å². The van der Waals surface area contributed by atoms with Crippen LogP contribution >= 0.6 is 11.3 Å². The SMILES string of the molecule is O=C(Nc1c(F)cccc1F)Nc1c2ccccc2nc(=O)n1Cc1cccs1. The van der Waals surface area contributed by atoms with Crippen molar-refractivity contribution in [3.8, 4) is 0 Å². The Kier molecular flexibility index (Phi) is 5.05. The number of amides is 2.